The summed E-state index contributed by atoms with van der Waals surface area (Å²) in [5.74, 6) is 0.717. The molecule has 154 valence electrons. The van der Waals surface area contributed by atoms with Crippen LogP contribution in [0.3, 0.4) is 0 Å². The Morgan fingerprint density at radius 1 is 1.20 bits per heavy atom. The third kappa shape index (κ3) is 5.81. The van der Waals surface area contributed by atoms with E-state index in [0.29, 0.717) is 34.4 Å². The van der Waals surface area contributed by atoms with Crippen LogP contribution in [0.1, 0.15) is 28.7 Å². The molecule has 3 rings (SSSR count). The van der Waals surface area contributed by atoms with Gasteiger partial charge in [-0.05, 0) is 36.8 Å². The number of anilines is 1. The number of nitrogens with one attached hydrogen (secondary N) is 1. The molecule has 0 spiro atoms. The zero-order valence-electron chi connectivity index (χ0n) is 16.5. The van der Waals surface area contributed by atoms with Crippen LogP contribution in [0.2, 0.25) is 5.02 Å². The van der Waals surface area contributed by atoms with Gasteiger partial charge in [0.15, 0.2) is 10.9 Å². The van der Waals surface area contributed by atoms with Crippen LogP contribution in [-0.2, 0) is 17.8 Å². The van der Waals surface area contributed by atoms with Gasteiger partial charge in [0, 0.05) is 29.2 Å². The summed E-state index contributed by atoms with van der Waals surface area (Å²) in [5, 5.41) is 12.7. The summed E-state index contributed by atoms with van der Waals surface area (Å²) in [6.07, 6.45) is 2.37. The highest BCUT2D eigenvalue weighted by Gasteiger charge is 2.14. The van der Waals surface area contributed by atoms with Crippen molar-refractivity contribution >= 4 is 40.7 Å². The minimum atomic E-state index is -0.187. The molecule has 0 aliphatic rings. The van der Waals surface area contributed by atoms with Crippen LogP contribution in [0, 0.1) is 0 Å². The monoisotopic (exact) mass is 440 g/mol. The summed E-state index contributed by atoms with van der Waals surface area (Å²) in [7, 11) is 0. The Bertz CT molecular complexity index is 1060. The third-order valence-electron chi connectivity index (χ3n) is 4.27. The second-order valence-electron chi connectivity index (χ2n) is 6.58. The van der Waals surface area contributed by atoms with Crippen molar-refractivity contribution in [3.63, 3.8) is 0 Å². The first-order valence-corrected chi connectivity index (χ1v) is 10.6. The molecule has 0 saturated carbocycles. The van der Waals surface area contributed by atoms with Crippen LogP contribution in [-0.4, -0.2) is 32.2 Å². The van der Waals surface area contributed by atoms with Gasteiger partial charge in [0.1, 0.15) is 5.82 Å². The summed E-state index contributed by atoms with van der Waals surface area (Å²) in [6.45, 7) is 5.83. The molecular formula is C22H21ClN4O2S. The molecule has 0 unspecified atom stereocenters. The van der Waals surface area contributed by atoms with Crippen molar-refractivity contribution in [3.05, 3.63) is 83.2 Å². The van der Waals surface area contributed by atoms with E-state index in [2.05, 4.69) is 22.1 Å². The fourth-order valence-electron chi connectivity index (χ4n) is 2.80. The molecule has 1 amide bonds. The van der Waals surface area contributed by atoms with Crippen LogP contribution in [0.4, 0.5) is 5.69 Å². The van der Waals surface area contributed by atoms with Gasteiger partial charge in [-0.25, -0.2) is 0 Å². The van der Waals surface area contributed by atoms with Crippen molar-refractivity contribution in [1.82, 2.24) is 14.8 Å². The van der Waals surface area contributed by atoms with Gasteiger partial charge >= 0.3 is 0 Å². The fraction of sp³-hybridized carbons (Fsp3) is 0.182. The van der Waals surface area contributed by atoms with Crippen LogP contribution in [0.15, 0.2) is 66.3 Å². The number of hydrogen-bond acceptors (Lipinski definition) is 5. The molecule has 0 radical (unpaired) electrons. The molecule has 1 N–H and O–H groups in total. The van der Waals surface area contributed by atoms with Crippen molar-refractivity contribution in [2.24, 2.45) is 0 Å². The Kier molecular flexibility index (Phi) is 7.43. The predicted octanol–water partition coefficient (Wildman–Crippen LogP) is 4.64. The van der Waals surface area contributed by atoms with Crippen molar-refractivity contribution in [3.8, 4) is 0 Å². The Labute approximate surface area is 184 Å². The summed E-state index contributed by atoms with van der Waals surface area (Å²) in [6, 6.07) is 14.4. The number of aromatic nitrogens is 3. The molecule has 30 heavy (non-hydrogen) atoms. The number of thioether (sulfide) groups is 1. The van der Waals surface area contributed by atoms with E-state index >= 15 is 0 Å². The van der Waals surface area contributed by atoms with Gasteiger partial charge in [-0.1, -0.05) is 53.7 Å². The summed E-state index contributed by atoms with van der Waals surface area (Å²) in [5.41, 5.74) is 2.21. The lowest BCUT2D eigenvalue weighted by Gasteiger charge is -2.09. The van der Waals surface area contributed by atoms with Crippen LogP contribution in [0.5, 0.6) is 0 Å². The van der Waals surface area contributed by atoms with E-state index in [1.165, 1.54) is 18.7 Å². The number of carbonyl (C=O) groups excluding carboxylic acids is 2. The van der Waals surface area contributed by atoms with Gasteiger partial charge in [0.05, 0.1) is 5.75 Å². The Morgan fingerprint density at radius 3 is 2.67 bits per heavy atom. The summed E-state index contributed by atoms with van der Waals surface area (Å²) >= 11 is 7.25. The lowest BCUT2D eigenvalue weighted by molar-refractivity contribution is -0.113. The topological polar surface area (TPSA) is 76.9 Å². The SMILES string of the molecule is C=CCn1c(Cc2ccc(Cl)cc2)nnc1SCC(=O)Nc1cccc(C(C)=O)c1. The fourth-order valence-corrected chi connectivity index (χ4v) is 3.69. The molecule has 1 aromatic heterocycles. The molecule has 2 aromatic carbocycles. The number of rotatable bonds is 9. The standard InChI is InChI=1S/C22H21ClN4O2S/c1-3-11-27-20(12-16-7-9-18(23)10-8-16)25-26-22(27)30-14-21(29)24-19-6-4-5-17(13-19)15(2)28/h3-10,13H,1,11-12,14H2,2H3,(H,24,29). The van der Waals surface area contributed by atoms with E-state index in [1.807, 2.05) is 28.8 Å². The molecule has 0 bridgehead atoms. The average Bonchev–Trinajstić information content (AvgIpc) is 3.10. The maximum absolute atomic E-state index is 12.4. The molecule has 8 heteroatoms. The Morgan fingerprint density at radius 2 is 1.97 bits per heavy atom. The average molecular weight is 441 g/mol. The highest BCUT2D eigenvalue weighted by Crippen LogP contribution is 2.20. The molecule has 0 aliphatic carbocycles. The normalized spacial score (nSPS) is 10.6. The first-order valence-electron chi connectivity index (χ1n) is 9.27. The third-order valence-corrected chi connectivity index (χ3v) is 5.48. The lowest BCUT2D eigenvalue weighted by atomic mass is 10.1. The Hall–Kier alpha value is -2.90. The second-order valence-corrected chi connectivity index (χ2v) is 7.95. The van der Waals surface area contributed by atoms with E-state index in [0.717, 1.165) is 11.4 Å². The smallest absolute Gasteiger partial charge is 0.234 e. The number of nitrogens with zero attached hydrogens (tertiary/aromatic N) is 3. The van der Waals surface area contributed by atoms with Gasteiger partial charge in [-0.3, -0.25) is 9.59 Å². The number of Topliss-reactive ketones (excluding diaryl/α,β-unsaturated/α-hetero) is 1. The Balaban J connectivity index is 1.65. The first kappa shape index (κ1) is 21.8. The van der Waals surface area contributed by atoms with Crippen LogP contribution in [0.25, 0.3) is 0 Å². The minimum absolute atomic E-state index is 0.0498. The van der Waals surface area contributed by atoms with Crippen molar-refractivity contribution in [2.75, 3.05) is 11.1 Å². The van der Waals surface area contributed by atoms with E-state index in [9.17, 15) is 9.59 Å². The van der Waals surface area contributed by atoms with Gasteiger partial charge in [0.2, 0.25) is 5.91 Å². The minimum Gasteiger partial charge on any atom is -0.325 e. The van der Waals surface area contributed by atoms with E-state index in [-0.39, 0.29) is 17.4 Å². The van der Waals surface area contributed by atoms with E-state index in [4.69, 9.17) is 11.6 Å². The van der Waals surface area contributed by atoms with Crippen molar-refractivity contribution in [1.29, 1.82) is 0 Å². The molecule has 0 aliphatic heterocycles. The number of hydrogen-bond donors (Lipinski definition) is 1. The summed E-state index contributed by atoms with van der Waals surface area (Å²) < 4.78 is 1.94. The predicted molar refractivity (Wildman–Crippen MR) is 120 cm³/mol. The van der Waals surface area contributed by atoms with Crippen molar-refractivity contribution < 1.29 is 9.59 Å². The number of amides is 1. The first-order chi connectivity index (χ1) is 14.5. The molecule has 0 saturated heterocycles. The number of ketones is 1. The quantitative estimate of drug-likeness (QED) is 0.298. The molecule has 1 heterocycles. The van der Waals surface area contributed by atoms with Crippen LogP contribution < -0.4 is 5.32 Å². The second kappa shape index (κ2) is 10.2. The molecule has 0 fully saturated rings. The lowest BCUT2D eigenvalue weighted by Crippen LogP contribution is -2.15. The van der Waals surface area contributed by atoms with E-state index < -0.39 is 0 Å². The molecular weight excluding hydrogens is 420 g/mol. The largest absolute Gasteiger partial charge is 0.325 e. The van der Waals surface area contributed by atoms with Gasteiger partial charge in [-0.2, -0.15) is 0 Å². The van der Waals surface area contributed by atoms with Crippen LogP contribution >= 0.6 is 23.4 Å². The number of allylic oxidation sites excluding steroid dienone is 1. The maximum atomic E-state index is 12.4. The van der Waals surface area contributed by atoms with Gasteiger partial charge in [-0.15, -0.1) is 16.8 Å². The molecule has 0 atom stereocenters. The van der Waals surface area contributed by atoms with Crippen molar-refractivity contribution in [2.45, 2.75) is 25.0 Å². The van der Waals surface area contributed by atoms with E-state index in [1.54, 1.807) is 30.3 Å². The summed E-state index contributed by atoms with van der Waals surface area (Å²) in [4.78, 5) is 23.9. The highest BCUT2D eigenvalue weighted by atomic mass is 35.5. The zero-order valence-corrected chi connectivity index (χ0v) is 18.0. The zero-order chi connectivity index (χ0) is 21.5. The molecule has 3 aromatic rings. The number of carbonyl (C=O) groups is 2. The molecule has 6 nitrogen and oxygen atoms in total. The maximum Gasteiger partial charge on any atom is 0.234 e. The number of halogens is 1. The van der Waals surface area contributed by atoms with Gasteiger partial charge < -0.3 is 9.88 Å². The van der Waals surface area contributed by atoms with Gasteiger partial charge in [0.25, 0.3) is 0 Å². The highest BCUT2D eigenvalue weighted by molar-refractivity contribution is 7.99. The number of benzene rings is 2.